The fraction of sp³-hybridized carbons (Fsp3) is 0.250. The largest absolute Gasteiger partial charge is 0.369 e. The zero-order valence-electron chi connectivity index (χ0n) is 15.2. The predicted octanol–water partition coefficient (Wildman–Crippen LogP) is 2.72. The molecule has 8 heteroatoms. The second-order valence-corrected chi connectivity index (χ2v) is 6.40. The highest BCUT2D eigenvalue weighted by Crippen LogP contribution is 2.27. The normalized spacial score (nSPS) is 16.7. The van der Waals surface area contributed by atoms with Crippen LogP contribution in [0.4, 0.5) is 0 Å². The van der Waals surface area contributed by atoms with Crippen LogP contribution in [0.3, 0.4) is 0 Å². The monoisotopic (exact) mass is 400 g/mol. The van der Waals surface area contributed by atoms with E-state index in [-0.39, 0.29) is 24.9 Å². The van der Waals surface area contributed by atoms with Crippen LogP contribution in [0.15, 0.2) is 59.1 Å². The number of nitrogens with zero attached hydrogens (tertiary/aromatic N) is 3. The Morgan fingerprint density at radius 3 is 2.54 bits per heavy atom. The molecule has 1 fully saturated rings. The van der Waals surface area contributed by atoms with Gasteiger partial charge in [-0.1, -0.05) is 59.8 Å². The van der Waals surface area contributed by atoms with Crippen LogP contribution in [0.2, 0.25) is 0 Å². The van der Waals surface area contributed by atoms with Crippen molar-refractivity contribution in [1.29, 1.82) is 0 Å². The van der Waals surface area contributed by atoms with Crippen molar-refractivity contribution in [3.8, 4) is 11.4 Å². The first kappa shape index (κ1) is 20.0. The third-order valence-electron chi connectivity index (χ3n) is 4.57. The number of benzene rings is 2. The number of ether oxygens (including phenoxy) is 1. The molecular weight excluding hydrogens is 380 g/mol. The van der Waals surface area contributed by atoms with Gasteiger partial charge < -0.3 is 19.9 Å². The second-order valence-electron chi connectivity index (χ2n) is 6.40. The summed E-state index contributed by atoms with van der Waals surface area (Å²) in [6.07, 6.45) is 0. The van der Waals surface area contributed by atoms with E-state index in [9.17, 15) is 4.79 Å². The summed E-state index contributed by atoms with van der Waals surface area (Å²) in [5.41, 5.74) is 8.53. The SMILES string of the molecule is Cl.NCc1ccc(-c2noc([C@H]3COCC(=O)N3Cc3ccccc3)n2)cc1. The summed E-state index contributed by atoms with van der Waals surface area (Å²) in [6.45, 7) is 1.33. The fourth-order valence-corrected chi connectivity index (χ4v) is 3.07. The number of hydrogen-bond acceptors (Lipinski definition) is 6. The molecule has 2 heterocycles. The number of halogens is 1. The van der Waals surface area contributed by atoms with Crippen LogP contribution >= 0.6 is 12.4 Å². The third-order valence-corrected chi connectivity index (χ3v) is 4.57. The summed E-state index contributed by atoms with van der Waals surface area (Å²) in [5.74, 6) is 0.755. The lowest BCUT2D eigenvalue weighted by molar-refractivity contribution is -0.150. The van der Waals surface area contributed by atoms with Crippen LogP contribution in [0.1, 0.15) is 23.1 Å². The van der Waals surface area contributed by atoms with Gasteiger partial charge in [0.25, 0.3) is 5.89 Å². The molecule has 0 spiro atoms. The van der Waals surface area contributed by atoms with Crippen molar-refractivity contribution in [3.05, 3.63) is 71.6 Å². The molecule has 7 nitrogen and oxygen atoms in total. The van der Waals surface area contributed by atoms with Gasteiger partial charge in [-0.3, -0.25) is 4.79 Å². The quantitative estimate of drug-likeness (QED) is 0.707. The summed E-state index contributed by atoms with van der Waals surface area (Å²) in [7, 11) is 0. The van der Waals surface area contributed by atoms with E-state index in [2.05, 4.69) is 10.1 Å². The predicted molar refractivity (Wildman–Crippen MR) is 105 cm³/mol. The first-order chi connectivity index (χ1) is 13.2. The lowest BCUT2D eigenvalue weighted by Gasteiger charge is -2.33. The third kappa shape index (κ3) is 4.22. The highest BCUT2D eigenvalue weighted by atomic mass is 35.5. The van der Waals surface area contributed by atoms with Gasteiger partial charge in [-0.15, -0.1) is 12.4 Å². The maximum Gasteiger partial charge on any atom is 0.252 e. The van der Waals surface area contributed by atoms with E-state index in [1.54, 1.807) is 4.90 Å². The minimum Gasteiger partial charge on any atom is -0.369 e. The van der Waals surface area contributed by atoms with Gasteiger partial charge in [-0.2, -0.15) is 4.98 Å². The summed E-state index contributed by atoms with van der Waals surface area (Å²) < 4.78 is 10.9. The van der Waals surface area contributed by atoms with E-state index < -0.39 is 6.04 Å². The standard InChI is InChI=1S/C20H20N4O3.ClH/c21-10-14-6-8-16(9-7-14)19-22-20(27-23-19)17-12-26-13-18(25)24(17)11-15-4-2-1-3-5-15;/h1-9,17H,10-13,21H2;1H/t17-;/m1./s1. The molecule has 0 aliphatic carbocycles. The highest BCUT2D eigenvalue weighted by molar-refractivity contribution is 5.85. The second kappa shape index (κ2) is 8.97. The summed E-state index contributed by atoms with van der Waals surface area (Å²) in [4.78, 5) is 18.7. The van der Waals surface area contributed by atoms with Gasteiger partial charge in [-0.05, 0) is 11.1 Å². The van der Waals surface area contributed by atoms with Gasteiger partial charge in [0.2, 0.25) is 11.7 Å². The zero-order valence-corrected chi connectivity index (χ0v) is 16.0. The van der Waals surface area contributed by atoms with Gasteiger partial charge in [0.1, 0.15) is 12.6 Å². The lowest BCUT2D eigenvalue weighted by atomic mass is 10.1. The first-order valence-electron chi connectivity index (χ1n) is 8.78. The molecule has 0 radical (unpaired) electrons. The van der Waals surface area contributed by atoms with E-state index >= 15 is 0 Å². The van der Waals surface area contributed by atoms with Crippen molar-refractivity contribution in [2.45, 2.75) is 19.1 Å². The molecule has 3 aromatic rings. The molecule has 2 N–H and O–H groups in total. The van der Waals surface area contributed by atoms with Crippen LogP contribution in [-0.2, 0) is 22.6 Å². The van der Waals surface area contributed by atoms with Crippen molar-refractivity contribution in [2.75, 3.05) is 13.2 Å². The molecule has 1 aliphatic rings. The van der Waals surface area contributed by atoms with E-state index in [0.29, 0.717) is 31.4 Å². The number of amides is 1. The first-order valence-corrected chi connectivity index (χ1v) is 8.78. The number of carbonyl (C=O) groups excluding carboxylic acids is 1. The van der Waals surface area contributed by atoms with Crippen molar-refractivity contribution in [2.24, 2.45) is 5.73 Å². The van der Waals surface area contributed by atoms with Crippen LogP contribution in [0.5, 0.6) is 0 Å². The topological polar surface area (TPSA) is 94.5 Å². The Morgan fingerprint density at radius 1 is 1.07 bits per heavy atom. The average molecular weight is 401 g/mol. The molecular formula is C20H21ClN4O3. The van der Waals surface area contributed by atoms with Gasteiger partial charge in [-0.25, -0.2) is 0 Å². The van der Waals surface area contributed by atoms with E-state index in [4.69, 9.17) is 15.0 Å². The molecule has 1 amide bonds. The lowest BCUT2D eigenvalue weighted by Crippen LogP contribution is -2.43. The molecule has 28 heavy (non-hydrogen) atoms. The molecule has 0 saturated carbocycles. The van der Waals surface area contributed by atoms with Gasteiger partial charge in [0.05, 0.1) is 6.61 Å². The Bertz CT molecular complexity index is 915. The van der Waals surface area contributed by atoms with Crippen LogP contribution in [0.25, 0.3) is 11.4 Å². The Morgan fingerprint density at radius 2 is 1.82 bits per heavy atom. The summed E-state index contributed by atoms with van der Waals surface area (Å²) in [6, 6.07) is 17.1. The van der Waals surface area contributed by atoms with Crippen molar-refractivity contribution >= 4 is 18.3 Å². The summed E-state index contributed by atoms with van der Waals surface area (Å²) >= 11 is 0. The maximum absolute atomic E-state index is 12.4. The minimum atomic E-state index is -0.406. The number of morpholine rings is 1. The number of carbonyl (C=O) groups is 1. The van der Waals surface area contributed by atoms with Crippen molar-refractivity contribution in [3.63, 3.8) is 0 Å². The number of nitrogens with two attached hydrogens (primary N) is 1. The number of hydrogen-bond donors (Lipinski definition) is 1. The Labute approximate surface area is 168 Å². The van der Waals surface area contributed by atoms with Gasteiger partial charge >= 0.3 is 0 Å². The Kier molecular flexibility index (Phi) is 6.41. The Balaban J connectivity index is 0.00000225. The van der Waals surface area contributed by atoms with E-state index in [0.717, 1.165) is 16.7 Å². The maximum atomic E-state index is 12.4. The molecule has 1 aliphatic heterocycles. The van der Waals surface area contributed by atoms with Crippen LogP contribution in [0, 0.1) is 0 Å². The van der Waals surface area contributed by atoms with Crippen LogP contribution < -0.4 is 5.73 Å². The molecule has 1 aromatic heterocycles. The van der Waals surface area contributed by atoms with Crippen molar-refractivity contribution in [1.82, 2.24) is 15.0 Å². The van der Waals surface area contributed by atoms with Gasteiger partial charge in [0.15, 0.2) is 0 Å². The van der Waals surface area contributed by atoms with Gasteiger partial charge in [0, 0.05) is 18.7 Å². The smallest absolute Gasteiger partial charge is 0.252 e. The number of rotatable bonds is 5. The minimum absolute atomic E-state index is 0. The zero-order chi connectivity index (χ0) is 18.6. The number of aromatic nitrogens is 2. The summed E-state index contributed by atoms with van der Waals surface area (Å²) in [5, 5.41) is 4.07. The molecule has 1 saturated heterocycles. The van der Waals surface area contributed by atoms with Crippen molar-refractivity contribution < 1.29 is 14.1 Å². The molecule has 4 rings (SSSR count). The molecule has 0 bridgehead atoms. The van der Waals surface area contributed by atoms with E-state index in [1.165, 1.54) is 0 Å². The fourth-order valence-electron chi connectivity index (χ4n) is 3.07. The molecule has 1 atom stereocenters. The molecule has 0 unspecified atom stereocenters. The van der Waals surface area contributed by atoms with Crippen LogP contribution in [-0.4, -0.2) is 34.2 Å². The highest BCUT2D eigenvalue weighted by Gasteiger charge is 2.34. The average Bonchev–Trinajstić information content (AvgIpc) is 3.20. The molecule has 146 valence electrons. The Hall–Kier alpha value is -2.74. The molecule has 2 aromatic carbocycles. The van der Waals surface area contributed by atoms with E-state index in [1.807, 2.05) is 54.6 Å².